The molecule has 0 saturated heterocycles. The molecule has 0 spiro atoms. The Balaban J connectivity index is 2.98. The van der Waals surface area contributed by atoms with Gasteiger partial charge in [0.15, 0.2) is 5.75 Å². The van der Waals surface area contributed by atoms with Crippen LogP contribution < -0.4 is 10.1 Å². The number of nitrogens with zero attached hydrogens (tertiary/aromatic N) is 1. The number of benzene rings is 1. The van der Waals surface area contributed by atoms with Crippen LogP contribution >= 0.6 is 0 Å². The van der Waals surface area contributed by atoms with Gasteiger partial charge in [0.1, 0.15) is 0 Å². The highest BCUT2D eigenvalue weighted by Crippen LogP contribution is 2.31. The number of nitro groups is 1. The lowest BCUT2D eigenvalue weighted by molar-refractivity contribution is -0.386. The van der Waals surface area contributed by atoms with E-state index in [9.17, 15) is 10.1 Å². The Morgan fingerprint density at radius 3 is 2.68 bits per heavy atom. The molecule has 0 aliphatic heterocycles. The minimum atomic E-state index is -0.452. The molecule has 0 bridgehead atoms. The summed E-state index contributed by atoms with van der Waals surface area (Å²) in [6.07, 6.45) is 5.69. The third-order valence-corrected chi connectivity index (χ3v) is 2.36. The fourth-order valence-electron chi connectivity index (χ4n) is 1.62. The first-order valence-corrected chi connectivity index (χ1v) is 6.09. The van der Waals surface area contributed by atoms with Crippen LogP contribution in [-0.4, -0.2) is 17.1 Å². The van der Waals surface area contributed by atoms with Crippen molar-refractivity contribution in [1.82, 2.24) is 0 Å². The van der Waals surface area contributed by atoms with Gasteiger partial charge in [-0.15, -0.1) is 12.3 Å². The van der Waals surface area contributed by atoms with Crippen molar-refractivity contribution < 1.29 is 9.66 Å². The van der Waals surface area contributed by atoms with E-state index in [1.807, 2.05) is 20.8 Å². The fraction of sp³-hybridized carbons (Fsp3) is 0.429. The number of hydrogen-bond acceptors (Lipinski definition) is 4. The van der Waals surface area contributed by atoms with Gasteiger partial charge in [0.2, 0.25) is 0 Å². The second-order valence-corrected chi connectivity index (χ2v) is 4.56. The Kier molecular flexibility index (Phi) is 5.19. The molecule has 1 aromatic rings. The Bertz CT molecular complexity index is 492. The molecule has 0 radical (unpaired) electrons. The van der Waals surface area contributed by atoms with Crippen LogP contribution in [0.25, 0.3) is 0 Å². The molecule has 0 fully saturated rings. The molecule has 19 heavy (non-hydrogen) atoms. The Labute approximate surface area is 113 Å². The van der Waals surface area contributed by atoms with Crippen molar-refractivity contribution in [3.05, 3.63) is 28.3 Å². The van der Waals surface area contributed by atoms with Crippen molar-refractivity contribution in [2.24, 2.45) is 0 Å². The molecule has 0 amide bonds. The molecule has 5 nitrogen and oxygen atoms in total. The monoisotopic (exact) mass is 262 g/mol. The van der Waals surface area contributed by atoms with Gasteiger partial charge in [0, 0.05) is 30.3 Å². The van der Waals surface area contributed by atoms with E-state index in [2.05, 4.69) is 11.2 Å². The van der Waals surface area contributed by atoms with Gasteiger partial charge in [-0.05, 0) is 26.8 Å². The van der Waals surface area contributed by atoms with E-state index < -0.39 is 4.92 Å². The van der Waals surface area contributed by atoms with Crippen LogP contribution in [0.2, 0.25) is 0 Å². The van der Waals surface area contributed by atoms with Gasteiger partial charge in [-0.3, -0.25) is 10.1 Å². The summed E-state index contributed by atoms with van der Waals surface area (Å²) in [6, 6.07) is 4.81. The average molecular weight is 262 g/mol. The van der Waals surface area contributed by atoms with E-state index in [1.165, 1.54) is 6.07 Å². The molecule has 0 aromatic heterocycles. The van der Waals surface area contributed by atoms with Crippen LogP contribution in [0.5, 0.6) is 5.75 Å². The summed E-state index contributed by atoms with van der Waals surface area (Å²) in [5, 5.41) is 14.1. The van der Waals surface area contributed by atoms with Gasteiger partial charge in [0.05, 0.1) is 11.0 Å². The maximum absolute atomic E-state index is 10.9. The standard InChI is InChI=1S/C14H18N2O3/c1-5-6-11(4)15-12-7-8-13(16(17)18)14(9-12)19-10(2)3/h1,7-11,15H,6H2,2-4H3. The third-order valence-electron chi connectivity index (χ3n) is 2.36. The SMILES string of the molecule is C#CCC(C)Nc1ccc([N+](=O)[O-])c(OC(C)C)c1. The van der Waals surface area contributed by atoms with Crippen molar-refractivity contribution in [1.29, 1.82) is 0 Å². The van der Waals surface area contributed by atoms with Crippen LogP contribution in [0.3, 0.4) is 0 Å². The molecule has 1 rings (SSSR count). The second kappa shape index (κ2) is 6.64. The zero-order chi connectivity index (χ0) is 14.4. The molecule has 1 aromatic carbocycles. The summed E-state index contributed by atoms with van der Waals surface area (Å²) in [5.41, 5.74) is 0.716. The van der Waals surface area contributed by atoms with Gasteiger partial charge < -0.3 is 10.1 Å². The Morgan fingerprint density at radius 2 is 2.16 bits per heavy atom. The molecule has 5 heteroatoms. The van der Waals surface area contributed by atoms with Crippen molar-refractivity contribution in [3.8, 4) is 18.1 Å². The predicted octanol–water partition coefficient (Wildman–Crippen LogP) is 3.21. The maximum Gasteiger partial charge on any atom is 0.311 e. The first kappa shape index (κ1) is 14.8. The van der Waals surface area contributed by atoms with Crippen LogP contribution in [0.4, 0.5) is 11.4 Å². The molecular formula is C14H18N2O3. The van der Waals surface area contributed by atoms with Crippen molar-refractivity contribution in [3.63, 3.8) is 0 Å². The number of hydrogen-bond donors (Lipinski definition) is 1. The molecule has 0 aliphatic rings. The first-order valence-electron chi connectivity index (χ1n) is 6.09. The van der Waals surface area contributed by atoms with Gasteiger partial charge in [0.25, 0.3) is 0 Å². The van der Waals surface area contributed by atoms with Crippen LogP contribution in [0.1, 0.15) is 27.2 Å². The normalized spacial score (nSPS) is 11.7. The quantitative estimate of drug-likeness (QED) is 0.485. The highest BCUT2D eigenvalue weighted by molar-refractivity contribution is 5.58. The number of terminal acetylenes is 1. The summed E-state index contributed by atoms with van der Waals surface area (Å²) in [4.78, 5) is 10.5. The Hall–Kier alpha value is -2.22. The maximum atomic E-state index is 10.9. The van der Waals surface area contributed by atoms with Crippen molar-refractivity contribution in [2.45, 2.75) is 39.3 Å². The lowest BCUT2D eigenvalue weighted by Crippen LogP contribution is -2.14. The summed E-state index contributed by atoms with van der Waals surface area (Å²) >= 11 is 0. The highest BCUT2D eigenvalue weighted by Gasteiger charge is 2.17. The smallest absolute Gasteiger partial charge is 0.311 e. The second-order valence-electron chi connectivity index (χ2n) is 4.56. The van der Waals surface area contributed by atoms with Crippen LogP contribution in [0, 0.1) is 22.5 Å². The molecule has 1 unspecified atom stereocenters. The molecule has 1 atom stereocenters. The zero-order valence-electron chi connectivity index (χ0n) is 11.3. The van der Waals surface area contributed by atoms with Crippen LogP contribution in [0.15, 0.2) is 18.2 Å². The van der Waals surface area contributed by atoms with E-state index >= 15 is 0 Å². The molecule has 102 valence electrons. The van der Waals surface area contributed by atoms with Gasteiger partial charge in [-0.25, -0.2) is 0 Å². The van der Waals surface area contributed by atoms with E-state index in [-0.39, 0.29) is 23.6 Å². The number of nitrogens with one attached hydrogen (secondary N) is 1. The largest absolute Gasteiger partial charge is 0.484 e. The van der Waals surface area contributed by atoms with Gasteiger partial charge in [-0.2, -0.15) is 0 Å². The molecular weight excluding hydrogens is 244 g/mol. The minimum Gasteiger partial charge on any atom is -0.484 e. The average Bonchev–Trinajstić information content (AvgIpc) is 2.28. The number of rotatable bonds is 6. The number of ether oxygens (including phenoxy) is 1. The lowest BCUT2D eigenvalue weighted by Gasteiger charge is -2.15. The summed E-state index contributed by atoms with van der Waals surface area (Å²) in [5.74, 6) is 2.82. The zero-order valence-corrected chi connectivity index (χ0v) is 11.3. The topological polar surface area (TPSA) is 64.4 Å². The minimum absolute atomic E-state index is 0.0381. The fourth-order valence-corrected chi connectivity index (χ4v) is 1.62. The summed E-state index contributed by atoms with van der Waals surface area (Å²) < 4.78 is 5.47. The predicted molar refractivity (Wildman–Crippen MR) is 75.4 cm³/mol. The van der Waals surface area contributed by atoms with Gasteiger partial charge >= 0.3 is 5.69 Å². The lowest BCUT2D eigenvalue weighted by atomic mass is 10.2. The van der Waals surface area contributed by atoms with Crippen LogP contribution in [-0.2, 0) is 0 Å². The first-order chi connectivity index (χ1) is 8.93. The summed E-state index contributed by atoms with van der Waals surface area (Å²) in [6.45, 7) is 5.60. The number of nitro benzene ring substituents is 1. The van der Waals surface area contributed by atoms with E-state index in [4.69, 9.17) is 11.2 Å². The molecule has 1 N–H and O–H groups in total. The Morgan fingerprint density at radius 1 is 1.47 bits per heavy atom. The van der Waals surface area contributed by atoms with E-state index in [0.29, 0.717) is 6.42 Å². The van der Waals surface area contributed by atoms with Crippen molar-refractivity contribution in [2.75, 3.05) is 5.32 Å². The van der Waals surface area contributed by atoms with Gasteiger partial charge in [-0.1, -0.05) is 0 Å². The van der Waals surface area contributed by atoms with E-state index in [0.717, 1.165) is 5.69 Å². The number of anilines is 1. The van der Waals surface area contributed by atoms with Crippen molar-refractivity contribution >= 4 is 11.4 Å². The third kappa shape index (κ3) is 4.51. The molecule has 0 aliphatic carbocycles. The van der Waals surface area contributed by atoms with E-state index in [1.54, 1.807) is 12.1 Å². The highest BCUT2D eigenvalue weighted by atomic mass is 16.6. The molecule has 0 heterocycles. The molecule has 0 saturated carbocycles. The summed E-state index contributed by atoms with van der Waals surface area (Å²) in [7, 11) is 0.